The number of nitrogens with one attached hydrogen (secondary N) is 2. The molecule has 1 heterocycles. The summed E-state index contributed by atoms with van der Waals surface area (Å²) in [6, 6.07) is 5.36. The molecule has 3 rings (SSSR count). The maximum atomic E-state index is 12.9. The molecule has 0 bridgehead atoms. The number of nitrogens with zero attached hydrogens (tertiary/aromatic N) is 2. The highest BCUT2D eigenvalue weighted by molar-refractivity contribution is 7.89. The van der Waals surface area contributed by atoms with Gasteiger partial charge in [0.15, 0.2) is 0 Å². The van der Waals surface area contributed by atoms with Gasteiger partial charge in [0.1, 0.15) is 12.1 Å². The second kappa shape index (κ2) is 8.91. The molecule has 164 valence electrons. The maximum Gasteiger partial charge on any atom is 0.327 e. The number of imide groups is 1. The van der Waals surface area contributed by atoms with Crippen molar-refractivity contribution in [3.63, 3.8) is 0 Å². The SMILES string of the molecule is CN1C(=O)N(CC(=O)NCCNS(=O)(=O)c2cccc(Cl)c2)C(=O)C12CCCCC2. The summed E-state index contributed by atoms with van der Waals surface area (Å²) in [5, 5.41) is 2.83. The van der Waals surface area contributed by atoms with Crippen LogP contribution in [-0.4, -0.2) is 68.3 Å². The Kier molecular flexibility index (Phi) is 6.68. The van der Waals surface area contributed by atoms with Crippen LogP contribution in [0.3, 0.4) is 0 Å². The minimum atomic E-state index is -3.76. The van der Waals surface area contributed by atoms with Crippen molar-refractivity contribution in [3.8, 4) is 0 Å². The topological polar surface area (TPSA) is 116 Å². The summed E-state index contributed by atoms with van der Waals surface area (Å²) >= 11 is 5.81. The average Bonchev–Trinajstić information content (AvgIpc) is 2.88. The van der Waals surface area contributed by atoms with Crippen molar-refractivity contribution in [2.75, 3.05) is 26.7 Å². The molecule has 2 aliphatic rings. The van der Waals surface area contributed by atoms with Crippen molar-refractivity contribution in [3.05, 3.63) is 29.3 Å². The summed E-state index contributed by atoms with van der Waals surface area (Å²) in [6.45, 7) is -0.424. The molecule has 1 aromatic carbocycles. The molecule has 1 spiro atoms. The van der Waals surface area contributed by atoms with Gasteiger partial charge < -0.3 is 10.2 Å². The Morgan fingerprint density at radius 1 is 1.17 bits per heavy atom. The van der Waals surface area contributed by atoms with Crippen LogP contribution >= 0.6 is 11.6 Å². The van der Waals surface area contributed by atoms with E-state index in [1.807, 2.05) is 0 Å². The van der Waals surface area contributed by atoms with Gasteiger partial charge in [-0.15, -0.1) is 0 Å². The van der Waals surface area contributed by atoms with Gasteiger partial charge in [0.05, 0.1) is 4.90 Å². The number of likely N-dealkylation sites (N-methyl/N-ethyl adjacent to an activating group) is 1. The fourth-order valence-corrected chi connectivity index (χ4v) is 5.31. The largest absolute Gasteiger partial charge is 0.353 e. The monoisotopic (exact) mass is 456 g/mol. The van der Waals surface area contributed by atoms with Crippen LogP contribution in [0.4, 0.5) is 4.79 Å². The quantitative estimate of drug-likeness (QED) is 0.474. The van der Waals surface area contributed by atoms with Crippen LogP contribution in [0.15, 0.2) is 29.2 Å². The Morgan fingerprint density at radius 3 is 2.53 bits per heavy atom. The normalized spacial score (nSPS) is 18.9. The van der Waals surface area contributed by atoms with E-state index in [0.29, 0.717) is 17.9 Å². The summed E-state index contributed by atoms with van der Waals surface area (Å²) in [7, 11) is -2.15. The lowest BCUT2D eigenvalue weighted by Crippen LogP contribution is -2.49. The summed E-state index contributed by atoms with van der Waals surface area (Å²) in [6.07, 6.45) is 3.99. The number of halogens is 1. The second-order valence-corrected chi connectivity index (χ2v) is 9.73. The molecule has 2 N–H and O–H groups in total. The summed E-state index contributed by atoms with van der Waals surface area (Å²) in [5.41, 5.74) is -0.831. The van der Waals surface area contributed by atoms with E-state index in [9.17, 15) is 22.8 Å². The van der Waals surface area contributed by atoms with E-state index in [2.05, 4.69) is 10.0 Å². The molecule has 1 saturated carbocycles. The van der Waals surface area contributed by atoms with Gasteiger partial charge in [-0.3, -0.25) is 14.5 Å². The predicted octanol–water partition coefficient (Wildman–Crippen LogP) is 1.33. The van der Waals surface area contributed by atoms with Gasteiger partial charge in [0.25, 0.3) is 5.91 Å². The van der Waals surface area contributed by atoms with E-state index < -0.39 is 27.5 Å². The second-order valence-electron chi connectivity index (χ2n) is 7.53. The van der Waals surface area contributed by atoms with Crippen molar-refractivity contribution >= 4 is 39.5 Å². The fourth-order valence-electron chi connectivity index (χ4n) is 3.98. The van der Waals surface area contributed by atoms with E-state index in [4.69, 9.17) is 11.6 Å². The molecule has 1 aliphatic heterocycles. The predicted molar refractivity (Wildman–Crippen MR) is 110 cm³/mol. The molecule has 4 amide bonds. The number of amides is 4. The molecule has 0 atom stereocenters. The highest BCUT2D eigenvalue weighted by atomic mass is 35.5. The van der Waals surface area contributed by atoms with Gasteiger partial charge in [-0.2, -0.15) is 0 Å². The van der Waals surface area contributed by atoms with Crippen molar-refractivity contribution < 1.29 is 22.8 Å². The smallest absolute Gasteiger partial charge is 0.327 e. The van der Waals surface area contributed by atoms with Crippen LogP contribution in [0.25, 0.3) is 0 Å². The number of urea groups is 1. The van der Waals surface area contributed by atoms with E-state index in [0.717, 1.165) is 24.2 Å². The van der Waals surface area contributed by atoms with Crippen LogP contribution in [-0.2, 0) is 19.6 Å². The van der Waals surface area contributed by atoms with Crippen LogP contribution in [0.2, 0.25) is 5.02 Å². The van der Waals surface area contributed by atoms with Crippen LogP contribution in [0, 0.1) is 0 Å². The number of benzene rings is 1. The highest BCUT2D eigenvalue weighted by Crippen LogP contribution is 2.39. The van der Waals surface area contributed by atoms with Crippen LogP contribution < -0.4 is 10.0 Å². The Morgan fingerprint density at radius 2 is 1.87 bits per heavy atom. The molecule has 1 aromatic rings. The zero-order valence-corrected chi connectivity index (χ0v) is 18.3. The minimum absolute atomic E-state index is 0.00975. The van der Waals surface area contributed by atoms with E-state index in [1.54, 1.807) is 13.1 Å². The van der Waals surface area contributed by atoms with Gasteiger partial charge in [-0.25, -0.2) is 17.9 Å². The van der Waals surface area contributed by atoms with E-state index in [1.165, 1.54) is 23.1 Å². The molecule has 30 heavy (non-hydrogen) atoms. The third-order valence-corrected chi connectivity index (χ3v) is 7.32. The number of hydrogen-bond donors (Lipinski definition) is 2. The molecule has 1 aliphatic carbocycles. The lowest BCUT2D eigenvalue weighted by atomic mass is 9.81. The molecular weight excluding hydrogens is 432 g/mol. The Labute approximate surface area is 180 Å². The van der Waals surface area contributed by atoms with Gasteiger partial charge >= 0.3 is 6.03 Å². The first-order chi connectivity index (χ1) is 14.2. The van der Waals surface area contributed by atoms with E-state index >= 15 is 0 Å². The van der Waals surface area contributed by atoms with Crippen LogP contribution in [0.1, 0.15) is 32.1 Å². The van der Waals surface area contributed by atoms with Gasteiger partial charge in [0.2, 0.25) is 15.9 Å². The van der Waals surface area contributed by atoms with Gasteiger partial charge in [-0.05, 0) is 31.0 Å². The fraction of sp³-hybridized carbons (Fsp3) is 0.526. The standard InChI is InChI=1S/C19H25ClN4O5S/c1-23-18(27)24(17(26)19(23)8-3-2-4-9-19)13-16(25)21-10-11-22-30(28,29)15-7-5-6-14(20)12-15/h5-7,12,22H,2-4,8-11,13H2,1H3,(H,21,25). The zero-order chi connectivity index (χ0) is 21.9. The third kappa shape index (κ3) is 4.45. The Hall–Kier alpha value is -2.17. The summed E-state index contributed by atoms with van der Waals surface area (Å²) in [5.74, 6) is -0.855. The molecule has 9 nitrogen and oxygen atoms in total. The molecule has 11 heteroatoms. The lowest BCUT2D eigenvalue weighted by Gasteiger charge is -2.35. The molecular formula is C19H25ClN4O5S. The van der Waals surface area contributed by atoms with Crippen molar-refractivity contribution in [1.82, 2.24) is 19.8 Å². The first kappa shape index (κ1) is 22.5. The van der Waals surface area contributed by atoms with Gasteiger partial charge in [0, 0.05) is 25.2 Å². The highest BCUT2D eigenvalue weighted by Gasteiger charge is 2.55. The number of carbonyl (C=O) groups excluding carboxylic acids is 3. The van der Waals surface area contributed by atoms with E-state index in [-0.39, 0.29) is 30.4 Å². The Balaban J connectivity index is 1.50. The summed E-state index contributed by atoms with van der Waals surface area (Å²) in [4.78, 5) is 40.1. The average molecular weight is 457 g/mol. The number of rotatable bonds is 7. The number of sulfonamides is 1. The van der Waals surface area contributed by atoms with Crippen LogP contribution in [0.5, 0.6) is 0 Å². The Bertz CT molecular complexity index is 946. The first-order valence-corrected chi connectivity index (χ1v) is 11.7. The van der Waals surface area contributed by atoms with Crippen molar-refractivity contribution in [2.24, 2.45) is 0 Å². The zero-order valence-electron chi connectivity index (χ0n) is 16.7. The minimum Gasteiger partial charge on any atom is -0.353 e. The molecule has 0 radical (unpaired) electrons. The molecule has 0 unspecified atom stereocenters. The van der Waals surface area contributed by atoms with Gasteiger partial charge in [-0.1, -0.05) is 36.9 Å². The summed E-state index contributed by atoms with van der Waals surface area (Å²) < 4.78 is 26.8. The lowest BCUT2D eigenvalue weighted by molar-refractivity contribution is -0.137. The first-order valence-electron chi connectivity index (χ1n) is 9.79. The number of carbonyl (C=O) groups is 3. The maximum absolute atomic E-state index is 12.9. The van der Waals surface area contributed by atoms with Crippen molar-refractivity contribution in [1.29, 1.82) is 0 Å². The number of hydrogen-bond acceptors (Lipinski definition) is 5. The molecule has 1 saturated heterocycles. The van der Waals surface area contributed by atoms with Crippen molar-refractivity contribution in [2.45, 2.75) is 42.5 Å². The molecule has 2 fully saturated rings. The molecule has 0 aromatic heterocycles. The third-order valence-electron chi connectivity index (χ3n) is 5.63.